The summed E-state index contributed by atoms with van der Waals surface area (Å²) in [5.74, 6) is 0.620. The van der Waals surface area contributed by atoms with Crippen LogP contribution in [0.3, 0.4) is 0 Å². The van der Waals surface area contributed by atoms with Gasteiger partial charge in [-0.25, -0.2) is 4.39 Å². The number of carbonyl (C=O) groups is 1. The third kappa shape index (κ3) is 2.65. The lowest BCUT2D eigenvalue weighted by Gasteiger charge is -2.40. The first-order valence-electron chi connectivity index (χ1n) is 7.20. The van der Waals surface area contributed by atoms with Gasteiger partial charge in [-0.2, -0.15) is 0 Å². The molecule has 2 aliphatic rings. The third-order valence-electron chi connectivity index (χ3n) is 3.85. The van der Waals surface area contributed by atoms with Gasteiger partial charge in [0.2, 0.25) is 0 Å². The summed E-state index contributed by atoms with van der Waals surface area (Å²) in [5.41, 5.74) is 0.179. The van der Waals surface area contributed by atoms with Crippen LogP contribution in [0.15, 0.2) is 24.3 Å². The van der Waals surface area contributed by atoms with Gasteiger partial charge in [-0.3, -0.25) is 4.79 Å². The molecule has 3 rings (SSSR count). The minimum absolute atomic E-state index is 0.360. The van der Waals surface area contributed by atoms with E-state index in [9.17, 15) is 9.18 Å². The molecular weight excluding hydrogens is 257 g/mol. The van der Waals surface area contributed by atoms with E-state index in [4.69, 9.17) is 4.74 Å². The van der Waals surface area contributed by atoms with Crippen LogP contribution in [-0.2, 0) is 4.79 Å². The molecule has 1 aliphatic carbocycles. The van der Waals surface area contributed by atoms with Gasteiger partial charge in [-0.15, -0.1) is 0 Å². The third-order valence-corrected chi connectivity index (χ3v) is 3.85. The molecule has 1 unspecified atom stereocenters. The number of amides is 1. The van der Waals surface area contributed by atoms with E-state index in [1.165, 1.54) is 0 Å². The lowest BCUT2D eigenvalue weighted by molar-refractivity contribution is -0.124. The van der Waals surface area contributed by atoms with Crippen molar-refractivity contribution in [1.82, 2.24) is 0 Å². The molecule has 0 bridgehead atoms. The van der Waals surface area contributed by atoms with Crippen LogP contribution in [0.25, 0.3) is 0 Å². The molecule has 1 amide bonds. The number of halogens is 1. The predicted molar refractivity (Wildman–Crippen MR) is 75.7 cm³/mol. The van der Waals surface area contributed by atoms with Gasteiger partial charge < -0.3 is 9.64 Å². The van der Waals surface area contributed by atoms with Crippen molar-refractivity contribution < 1.29 is 13.9 Å². The standard InChI is InChI=1S/C16H20FNO2/c1-16(2)10-18(13-5-3-4-6-14(13)20-16)15(19)12(17)9-11-7-8-11/h3-6,11-12H,7-10H2,1-2H3. The highest BCUT2D eigenvalue weighted by Gasteiger charge is 2.38. The SMILES string of the molecule is CC1(C)CN(C(=O)C(F)CC2CC2)c2ccccc2O1. The molecule has 0 spiro atoms. The molecule has 4 heteroatoms. The van der Waals surface area contributed by atoms with E-state index in [0.717, 1.165) is 12.8 Å². The highest BCUT2D eigenvalue weighted by molar-refractivity contribution is 5.98. The first kappa shape index (κ1) is 13.4. The fourth-order valence-electron chi connectivity index (χ4n) is 2.68. The minimum atomic E-state index is -1.40. The zero-order chi connectivity index (χ0) is 14.3. The fourth-order valence-corrected chi connectivity index (χ4v) is 2.68. The van der Waals surface area contributed by atoms with E-state index in [1.54, 1.807) is 4.90 Å². The second-order valence-corrected chi connectivity index (χ2v) is 6.40. The molecule has 0 N–H and O–H groups in total. The Morgan fingerprint density at radius 2 is 2.15 bits per heavy atom. The zero-order valence-corrected chi connectivity index (χ0v) is 11.9. The average Bonchev–Trinajstić information content (AvgIpc) is 3.19. The number of alkyl halides is 1. The van der Waals surface area contributed by atoms with Gasteiger partial charge in [0.15, 0.2) is 6.17 Å². The van der Waals surface area contributed by atoms with E-state index in [2.05, 4.69) is 0 Å². The van der Waals surface area contributed by atoms with E-state index in [1.807, 2.05) is 38.1 Å². The molecule has 0 radical (unpaired) electrons. The maximum Gasteiger partial charge on any atom is 0.261 e. The molecular formula is C16H20FNO2. The number of hydrogen-bond donors (Lipinski definition) is 0. The van der Waals surface area contributed by atoms with Crippen molar-refractivity contribution in [2.24, 2.45) is 5.92 Å². The van der Waals surface area contributed by atoms with Gasteiger partial charge in [0, 0.05) is 0 Å². The molecule has 1 saturated carbocycles. The van der Waals surface area contributed by atoms with Gasteiger partial charge >= 0.3 is 0 Å². The Morgan fingerprint density at radius 1 is 1.45 bits per heavy atom. The maximum absolute atomic E-state index is 14.2. The van der Waals surface area contributed by atoms with Gasteiger partial charge in [0.25, 0.3) is 5.91 Å². The molecule has 1 aliphatic heterocycles. The quantitative estimate of drug-likeness (QED) is 0.848. The Bertz CT molecular complexity index is 525. The first-order chi connectivity index (χ1) is 9.46. The highest BCUT2D eigenvalue weighted by atomic mass is 19.1. The number of anilines is 1. The van der Waals surface area contributed by atoms with Crippen LogP contribution >= 0.6 is 0 Å². The molecule has 108 valence electrons. The summed E-state index contributed by atoms with van der Waals surface area (Å²) in [6.45, 7) is 4.21. The van der Waals surface area contributed by atoms with Crippen molar-refractivity contribution in [2.75, 3.05) is 11.4 Å². The molecule has 1 heterocycles. The van der Waals surface area contributed by atoms with Gasteiger partial charge in [0.05, 0.1) is 12.2 Å². The maximum atomic E-state index is 14.2. The number of carbonyl (C=O) groups excluding carboxylic acids is 1. The summed E-state index contributed by atoms with van der Waals surface area (Å²) in [5, 5.41) is 0. The normalized spacial score (nSPS) is 21.9. The lowest BCUT2D eigenvalue weighted by atomic mass is 10.0. The van der Waals surface area contributed by atoms with Crippen molar-refractivity contribution in [2.45, 2.75) is 44.9 Å². The Morgan fingerprint density at radius 3 is 2.85 bits per heavy atom. The number of ether oxygens (including phenoxy) is 1. The first-order valence-corrected chi connectivity index (χ1v) is 7.20. The largest absolute Gasteiger partial charge is 0.484 e. The Labute approximate surface area is 118 Å². The summed E-state index contributed by atoms with van der Waals surface area (Å²) in [4.78, 5) is 14.0. The molecule has 0 saturated heterocycles. The minimum Gasteiger partial charge on any atom is -0.484 e. The summed E-state index contributed by atoms with van der Waals surface area (Å²) >= 11 is 0. The molecule has 0 aromatic heterocycles. The molecule has 1 fully saturated rings. The number of rotatable bonds is 3. The number of benzene rings is 1. The summed E-state index contributed by atoms with van der Waals surface area (Å²) in [7, 11) is 0. The molecule has 1 atom stereocenters. The van der Waals surface area contributed by atoms with Gasteiger partial charge in [0.1, 0.15) is 11.4 Å². The number of fused-ring (bicyclic) bond motifs is 1. The zero-order valence-electron chi connectivity index (χ0n) is 11.9. The monoisotopic (exact) mass is 277 g/mol. The van der Waals surface area contributed by atoms with Crippen molar-refractivity contribution in [3.05, 3.63) is 24.3 Å². The number of hydrogen-bond acceptors (Lipinski definition) is 2. The van der Waals surface area contributed by atoms with E-state index >= 15 is 0 Å². The molecule has 20 heavy (non-hydrogen) atoms. The summed E-state index contributed by atoms with van der Waals surface area (Å²) in [6, 6.07) is 7.34. The Kier molecular flexibility index (Phi) is 3.19. The topological polar surface area (TPSA) is 29.5 Å². The van der Waals surface area contributed by atoms with Crippen LogP contribution in [0.5, 0.6) is 5.75 Å². The molecule has 1 aromatic carbocycles. The number of para-hydroxylation sites is 2. The number of nitrogens with zero attached hydrogens (tertiary/aromatic N) is 1. The van der Waals surface area contributed by atoms with Crippen LogP contribution in [0, 0.1) is 5.92 Å². The second kappa shape index (κ2) is 4.76. The van der Waals surface area contributed by atoms with E-state index < -0.39 is 17.7 Å². The Balaban J connectivity index is 1.85. The lowest BCUT2D eigenvalue weighted by Crippen LogP contribution is -2.51. The summed E-state index contributed by atoms with van der Waals surface area (Å²) in [6.07, 6.45) is 1.07. The van der Waals surface area contributed by atoms with Crippen molar-refractivity contribution in [3.63, 3.8) is 0 Å². The van der Waals surface area contributed by atoms with Crippen molar-refractivity contribution >= 4 is 11.6 Å². The van der Waals surface area contributed by atoms with Crippen molar-refractivity contribution in [1.29, 1.82) is 0 Å². The smallest absolute Gasteiger partial charge is 0.261 e. The fraction of sp³-hybridized carbons (Fsp3) is 0.562. The van der Waals surface area contributed by atoms with Crippen LogP contribution in [-0.4, -0.2) is 24.2 Å². The van der Waals surface area contributed by atoms with Crippen molar-refractivity contribution in [3.8, 4) is 5.75 Å². The predicted octanol–water partition coefficient (Wildman–Crippen LogP) is 3.33. The van der Waals surface area contributed by atoms with Crippen LogP contribution in [0.4, 0.5) is 10.1 Å². The average molecular weight is 277 g/mol. The van der Waals surface area contributed by atoms with Crippen LogP contribution < -0.4 is 9.64 Å². The highest BCUT2D eigenvalue weighted by Crippen LogP contribution is 2.39. The van der Waals surface area contributed by atoms with E-state index in [0.29, 0.717) is 30.3 Å². The van der Waals surface area contributed by atoms with Crippen LogP contribution in [0.2, 0.25) is 0 Å². The summed E-state index contributed by atoms with van der Waals surface area (Å²) < 4.78 is 20.0. The van der Waals surface area contributed by atoms with Gasteiger partial charge in [-0.1, -0.05) is 25.0 Å². The second-order valence-electron chi connectivity index (χ2n) is 6.40. The Hall–Kier alpha value is -1.58. The van der Waals surface area contributed by atoms with E-state index in [-0.39, 0.29) is 0 Å². The molecule has 3 nitrogen and oxygen atoms in total. The van der Waals surface area contributed by atoms with Gasteiger partial charge in [-0.05, 0) is 38.3 Å². The molecule has 1 aromatic rings. The van der Waals surface area contributed by atoms with Crippen LogP contribution in [0.1, 0.15) is 33.1 Å².